The van der Waals surface area contributed by atoms with E-state index in [0.717, 1.165) is 10.3 Å². The third-order valence-electron chi connectivity index (χ3n) is 3.04. The van der Waals surface area contributed by atoms with Crippen molar-refractivity contribution in [3.8, 4) is 5.75 Å². The monoisotopic (exact) mass is 337 g/mol. The lowest BCUT2D eigenvalue weighted by Gasteiger charge is -2.18. The first-order chi connectivity index (χ1) is 9.52. The van der Waals surface area contributed by atoms with E-state index in [1.807, 2.05) is 23.9 Å². The van der Waals surface area contributed by atoms with E-state index in [2.05, 4.69) is 20.9 Å². The fraction of sp³-hybridized carbons (Fsp3) is 0.286. The molecule has 0 N–H and O–H groups in total. The van der Waals surface area contributed by atoms with E-state index in [0.29, 0.717) is 17.9 Å². The second-order valence-electron chi connectivity index (χ2n) is 4.46. The van der Waals surface area contributed by atoms with Crippen LogP contribution in [0.1, 0.15) is 16.2 Å². The molecule has 0 saturated carbocycles. The highest BCUT2D eigenvalue weighted by Crippen LogP contribution is 2.24. The molecule has 2 rings (SSSR count). The van der Waals surface area contributed by atoms with E-state index < -0.39 is 0 Å². The number of carbonyl (C=O) groups excluding carboxylic acids is 1. The quantitative estimate of drug-likeness (QED) is 0.860. The number of aryl methyl sites for hydroxylation is 1. The van der Waals surface area contributed by atoms with Crippen molar-refractivity contribution in [2.75, 3.05) is 14.2 Å². The molecular weight excluding hydrogens is 322 g/mol. The van der Waals surface area contributed by atoms with E-state index in [4.69, 9.17) is 4.74 Å². The third kappa shape index (κ3) is 3.01. The van der Waals surface area contributed by atoms with Gasteiger partial charge < -0.3 is 14.2 Å². The molecule has 1 aromatic carbocycles. The summed E-state index contributed by atoms with van der Waals surface area (Å²) in [7, 11) is 5.21. The van der Waals surface area contributed by atoms with Gasteiger partial charge in [-0.2, -0.15) is 0 Å². The molecule has 1 amide bonds. The average Bonchev–Trinajstić information content (AvgIpc) is 2.83. The van der Waals surface area contributed by atoms with Crippen LogP contribution < -0.4 is 4.74 Å². The highest BCUT2D eigenvalue weighted by atomic mass is 79.9. The summed E-state index contributed by atoms with van der Waals surface area (Å²) in [5.74, 6) is 1.28. The molecule has 0 saturated heterocycles. The minimum absolute atomic E-state index is 0.0997. The van der Waals surface area contributed by atoms with E-state index in [-0.39, 0.29) is 5.91 Å². The van der Waals surface area contributed by atoms with E-state index >= 15 is 0 Å². The van der Waals surface area contributed by atoms with Gasteiger partial charge in [0.05, 0.1) is 19.2 Å². The number of hydrogen-bond acceptors (Lipinski definition) is 3. The van der Waals surface area contributed by atoms with Gasteiger partial charge in [0.15, 0.2) is 0 Å². The molecule has 0 atom stereocenters. The van der Waals surface area contributed by atoms with Crippen LogP contribution in [-0.4, -0.2) is 34.5 Å². The average molecular weight is 338 g/mol. The summed E-state index contributed by atoms with van der Waals surface area (Å²) >= 11 is 3.36. The summed E-state index contributed by atoms with van der Waals surface area (Å²) in [6.45, 7) is 0.446. The normalized spacial score (nSPS) is 10.4. The first-order valence-corrected chi connectivity index (χ1v) is 6.87. The summed E-state index contributed by atoms with van der Waals surface area (Å²) in [5.41, 5.74) is 0.535. The summed E-state index contributed by atoms with van der Waals surface area (Å²) in [6, 6.07) is 5.35. The molecule has 1 aromatic heterocycles. The maximum Gasteiger partial charge on any atom is 0.257 e. The summed E-state index contributed by atoms with van der Waals surface area (Å²) in [4.78, 5) is 18.3. The van der Waals surface area contributed by atoms with E-state index in [1.54, 1.807) is 37.4 Å². The molecule has 0 aliphatic carbocycles. The van der Waals surface area contributed by atoms with Gasteiger partial charge in [0.25, 0.3) is 5.91 Å². The minimum atomic E-state index is -0.0997. The molecule has 0 bridgehead atoms. The molecule has 0 radical (unpaired) electrons. The number of halogens is 1. The highest BCUT2D eigenvalue weighted by molar-refractivity contribution is 9.10. The molecule has 0 spiro atoms. The molecule has 1 heterocycles. The number of aromatic nitrogens is 2. The van der Waals surface area contributed by atoms with Crippen LogP contribution in [-0.2, 0) is 13.6 Å². The van der Waals surface area contributed by atoms with E-state index in [9.17, 15) is 4.79 Å². The number of methoxy groups -OCH3 is 1. The van der Waals surface area contributed by atoms with Crippen molar-refractivity contribution in [2.24, 2.45) is 7.05 Å². The summed E-state index contributed by atoms with van der Waals surface area (Å²) in [6.07, 6.45) is 3.57. The van der Waals surface area contributed by atoms with Crippen molar-refractivity contribution in [1.29, 1.82) is 0 Å². The number of amides is 1. The zero-order valence-corrected chi connectivity index (χ0v) is 13.2. The van der Waals surface area contributed by atoms with Crippen LogP contribution in [0.2, 0.25) is 0 Å². The van der Waals surface area contributed by atoms with Crippen LogP contribution in [0.3, 0.4) is 0 Å². The first-order valence-electron chi connectivity index (χ1n) is 6.08. The van der Waals surface area contributed by atoms with Crippen molar-refractivity contribution < 1.29 is 9.53 Å². The maximum absolute atomic E-state index is 12.5. The Labute approximate surface area is 126 Å². The molecule has 5 nitrogen and oxygen atoms in total. The predicted molar refractivity (Wildman–Crippen MR) is 79.7 cm³/mol. The van der Waals surface area contributed by atoms with Gasteiger partial charge in [-0.3, -0.25) is 4.79 Å². The Morgan fingerprint density at radius 3 is 2.85 bits per heavy atom. The van der Waals surface area contributed by atoms with Gasteiger partial charge in [-0.1, -0.05) is 15.9 Å². The molecular formula is C14H16BrN3O2. The van der Waals surface area contributed by atoms with Crippen molar-refractivity contribution in [3.05, 3.63) is 46.5 Å². The lowest BCUT2D eigenvalue weighted by Crippen LogP contribution is -2.27. The van der Waals surface area contributed by atoms with Crippen LogP contribution in [0, 0.1) is 0 Å². The van der Waals surface area contributed by atoms with Crippen LogP contribution in [0.15, 0.2) is 35.1 Å². The Bertz CT molecular complexity index is 625. The lowest BCUT2D eigenvalue weighted by atomic mass is 10.2. The number of imidazole rings is 1. The van der Waals surface area contributed by atoms with E-state index in [1.165, 1.54) is 0 Å². The van der Waals surface area contributed by atoms with Crippen LogP contribution in [0.5, 0.6) is 5.75 Å². The highest BCUT2D eigenvalue weighted by Gasteiger charge is 2.18. The molecule has 106 valence electrons. The van der Waals surface area contributed by atoms with Gasteiger partial charge in [-0.15, -0.1) is 0 Å². The number of hydrogen-bond donors (Lipinski definition) is 0. The summed E-state index contributed by atoms with van der Waals surface area (Å²) in [5, 5.41) is 0. The lowest BCUT2D eigenvalue weighted by molar-refractivity contribution is 0.0777. The second kappa shape index (κ2) is 6.09. The van der Waals surface area contributed by atoms with Crippen molar-refractivity contribution >= 4 is 21.8 Å². The van der Waals surface area contributed by atoms with Crippen molar-refractivity contribution in [2.45, 2.75) is 6.54 Å². The zero-order valence-electron chi connectivity index (χ0n) is 11.6. The Kier molecular flexibility index (Phi) is 4.44. The number of rotatable bonds is 4. The maximum atomic E-state index is 12.5. The molecule has 20 heavy (non-hydrogen) atoms. The largest absolute Gasteiger partial charge is 0.496 e. The predicted octanol–water partition coefficient (Wildman–Crippen LogP) is 2.46. The fourth-order valence-electron chi connectivity index (χ4n) is 1.88. The van der Waals surface area contributed by atoms with Gasteiger partial charge in [-0.25, -0.2) is 4.98 Å². The van der Waals surface area contributed by atoms with Crippen molar-refractivity contribution in [1.82, 2.24) is 14.5 Å². The van der Waals surface area contributed by atoms with Crippen LogP contribution in [0.4, 0.5) is 0 Å². The molecule has 2 aromatic rings. The first kappa shape index (κ1) is 14.6. The standard InChI is InChI=1S/C14H16BrN3O2/c1-17-7-6-16-13(17)9-18(2)14(19)11-5-4-10(15)8-12(11)20-3/h4-8H,9H2,1-3H3. The van der Waals surface area contributed by atoms with Gasteiger partial charge in [0.2, 0.25) is 0 Å². The third-order valence-corrected chi connectivity index (χ3v) is 3.53. The fourth-order valence-corrected chi connectivity index (χ4v) is 2.22. The number of benzene rings is 1. The van der Waals surface area contributed by atoms with Gasteiger partial charge in [0, 0.05) is 31.0 Å². The number of carbonyl (C=O) groups is 1. The minimum Gasteiger partial charge on any atom is -0.496 e. The molecule has 6 heteroatoms. The molecule has 0 fully saturated rings. The van der Waals surface area contributed by atoms with Crippen molar-refractivity contribution in [3.63, 3.8) is 0 Å². The Morgan fingerprint density at radius 2 is 2.25 bits per heavy atom. The zero-order chi connectivity index (χ0) is 14.7. The van der Waals surface area contributed by atoms with Gasteiger partial charge >= 0.3 is 0 Å². The van der Waals surface area contributed by atoms with Crippen LogP contribution in [0.25, 0.3) is 0 Å². The topological polar surface area (TPSA) is 47.4 Å². The molecule has 0 aliphatic rings. The number of ether oxygens (including phenoxy) is 1. The Hall–Kier alpha value is -1.82. The Morgan fingerprint density at radius 1 is 1.50 bits per heavy atom. The smallest absolute Gasteiger partial charge is 0.257 e. The van der Waals surface area contributed by atoms with Gasteiger partial charge in [0.1, 0.15) is 11.6 Å². The second-order valence-corrected chi connectivity index (χ2v) is 5.38. The summed E-state index contributed by atoms with van der Waals surface area (Å²) < 4.78 is 8.02. The molecule has 0 aliphatic heterocycles. The Balaban J connectivity index is 2.20. The molecule has 0 unspecified atom stereocenters. The van der Waals surface area contributed by atoms with Crippen LogP contribution >= 0.6 is 15.9 Å². The SMILES string of the molecule is COc1cc(Br)ccc1C(=O)N(C)Cc1nccn1C. The van der Waals surface area contributed by atoms with Gasteiger partial charge in [-0.05, 0) is 18.2 Å². The number of nitrogens with zero attached hydrogens (tertiary/aromatic N) is 3.